The van der Waals surface area contributed by atoms with Crippen molar-refractivity contribution in [3.05, 3.63) is 11.3 Å². The molecule has 0 aromatic rings. The Kier molecular flexibility index (Phi) is 2.23. The lowest BCUT2D eigenvalue weighted by Gasteiger charge is -2.47. The first-order valence-corrected chi connectivity index (χ1v) is 5.89. The van der Waals surface area contributed by atoms with Gasteiger partial charge in [0, 0.05) is 11.6 Å². The molecular weight excluding hydrogens is 193 g/mol. The summed E-state index contributed by atoms with van der Waals surface area (Å²) in [4.78, 5) is 13.9. The highest BCUT2D eigenvalue weighted by atomic mass is 31.0. The predicted octanol–water partition coefficient (Wildman–Crippen LogP) is 2.02. The molecule has 0 aromatic carbocycles. The van der Waals surface area contributed by atoms with E-state index in [1.165, 1.54) is 11.3 Å². The van der Waals surface area contributed by atoms with Gasteiger partial charge in [0.1, 0.15) is 0 Å². The van der Waals surface area contributed by atoms with Crippen molar-refractivity contribution in [2.75, 3.05) is 0 Å². The van der Waals surface area contributed by atoms with E-state index in [0.717, 1.165) is 0 Å². The third-order valence-electron chi connectivity index (χ3n) is 3.88. The molecule has 1 amide bonds. The summed E-state index contributed by atoms with van der Waals surface area (Å²) in [5.41, 5.74) is 2.97. The van der Waals surface area contributed by atoms with Crippen molar-refractivity contribution in [2.45, 2.75) is 39.4 Å². The van der Waals surface area contributed by atoms with Crippen LogP contribution < -0.4 is 0 Å². The van der Waals surface area contributed by atoms with Gasteiger partial charge in [-0.3, -0.25) is 4.79 Å². The van der Waals surface area contributed by atoms with Gasteiger partial charge in [-0.25, -0.2) is 0 Å². The van der Waals surface area contributed by atoms with Crippen molar-refractivity contribution < 1.29 is 4.79 Å². The Morgan fingerprint density at radius 1 is 1.43 bits per heavy atom. The summed E-state index contributed by atoms with van der Waals surface area (Å²) >= 11 is 0. The molecule has 2 aliphatic heterocycles. The lowest BCUT2D eigenvalue weighted by atomic mass is 9.79. The fraction of sp³-hybridized carbons (Fsp3) is 0.727. The third-order valence-corrected chi connectivity index (χ3v) is 4.30. The minimum atomic E-state index is 0.224. The van der Waals surface area contributed by atoms with Gasteiger partial charge in [0.25, 0.3) is 0 Å². The minimum absolute atomic E-state index is 0.224. The standard InChI is InChI=1S/C11H18NOP/c1-5-6(2)10-9(8(4)14)11(13)12(10)7(5)3/h6,8-10H,14H2,1-4H3/t6-,8+,9+,10+/m0/s1. The Hall–Kier alpha value is -0.360. The van der Waals surface area contributed by atoms with E-state index in [0.29, 0.717) is 23.5 Å². The summed E-state index contributed by atoms with van der Waals surface area (Å²) in [5, 5.41) is 0. The van der Waals surface area contributed by atoms with Crippen LogP contribution in [0.25, 0.3) is 0 Å². The highest BCUT2D eigenvalue weighted by Crippen LogP contribution is 2.47. The van der Waals surface area contributed by atoms with Crippen molar-refractivity contribution >= 4 is 15.1 Å². The number of hydrogen-bond acceptors (Lipinski definition) is 1. The SMILES string of the molecule is CC1=C(C)N2C(=O)[C@H]([C@@H](C)P)[C@H]2[C@H]1C. The van der Waals surface area contributed by atoms with Crippen LogP contribution in [0.2, 0.25) is 0 Å². The van der Waals surface area contributed by atoms with Gasteiger partial charge in [-0.1, -0.05) is 13.8 Å². The normalized spacial score (nSPS) is 38.5. The summed E-state index contributed by atoms with van der Waals surface area (Å²) in [6.07, 6.45) is 0. The minimum Gasteiger partial charge on any atom is -0.312 e. The monoisotopic (exact) mass is 211 g/mol. The molecule has 0 aromatic heterocycles. The van der Waals surface area contributed by atoms with Gasteiger partial charge in [0.15, 0.2) is 0 Å². The molecule has 0 aliphatic carbocycles. The molecule has 1 unspecified atom stereocenters. The number of carbonyl (C=O) groups is 1. The maximum absolute atomic E-state index is 11.9. The van der Waals surface area contributed by atoms with Crippen LogP contribution in [-0.2, 0) is 4.79 Å². The molecule has 1 fully saturated rings. The number of hydrogen-bond donors (Lipinski definition) is 0. The van der Waals surface area contributed by atoms with E-state index in [4.69, 9.17) is 0 Å². The second-order valence-electron chi connectivity index (χ2n) is 4.64. The lowest BCUT2D eigenvalue weighted by molar-refractivity contribution is -0.152. The summed E-state index contributed by atoms with van der Waals surface area (Å²) in [6.45, 7) is 8.56. The van der Waals surface area contributed by atoms with Crippen LogP contribution >= 0.6 is 9.24 Å². The van der Waals surface area contributed by atoms with Gasteiger partial charge in [-0.05, 0) is 25.1 Å². The van der Waals surface area contributed by atoms with Crippen LogP contribution in [0, 0.1) is 11.8 Å². The van der Waals surface area contributed by atoms with Crippen LogP contribution in [0.3, 0.4) is 0 Å². The first-order chi connectivity index (χ1) is 6.46. The molecule has 0 bridgehead atoms. The van der Waals surface area contributed by atoms with Gasteiger partial charge in [0.05, 0.1) is 12.0 Å². The molecule has 3 heteroatoms. The molecule has 14 heavy (non-hydrogen) atoms. The molecule has 0 N–H and O–H groups in total. The molecule has 5 atom stereocenters. The van der Waals surface area contributed by atoms with E-state index in [1.54, 1.807) is 0 Å². The molecule has 1 saturated heterocycles. The van der Waals surface area contributed by atoms with Crippen molar-refractivity contribution in [2.24, 2.45) is 11.8 Å². The topological polar surface area (TPSA) is 20.3 Å². The molecule has 0 saturated carbocycles. The van der Waals surface area contributed by atoms with E-state index in [-0.39, 0.29) is 5.92 Å². The molecule has 0 radical (unpaired) electrons. The van der Waals surface area contributed by atoms with Crippen molar-refractivity contribution in [3.63, 3.8) is 0 Å². The predicted molar refractivity (Wildman–Crippen MR) is 60.8 cm³/mol. The van der Waals surface area contributed by atoms with Crippen molar-refractivity contribution in [1.29, 1.82) is 0 Å². The summed E-state index contributed by atoms with van der Waals surface area (Å²) in [5.74, 6) is 1.08. The number of β-lactam (4-membered cyclic amide) rings is 1. The van der Waals surface area contributed by atoms with Gasteiger partial charge in [-0.2, -0.15) is 0 Å². The van der Waals surface area contributed by atoms with Crippen molar-refractivity contribution in [1.82, 2.24) is 4.90 Å². The van der Waals surface area contributed by atoms with Crippen LogP contribution in [0.4, 0.5) is 0 Å². The number of rotatable bonds is 1. The van der Waals surface area contributed by atoms with Crippen molar-refractivity contribution in [3.8, 4) is 0 Å². The number of amides is 1. The first kappa shape index (κ1) is 10.2. The Bertz CT molecular complexity index is 321. The Morgan fingerprint density at radius 2 is 2.00 bits per heavy atom. The quantitative estimate of drug-likeness (QED) is 0.480. The molecule has 2 aliphatic rings. The van der Waals surface area contributed by atoms with E-state index in [1.807, 2.05) is 4.90 Å². The molecular formula is C11H18NOP. The van der Waals surface area contributed by atoms with Gasteiger partial charge < -0.3 is 4.90 Å². The average molecular weight is 211 g/mol. The zero-order valence-corrected chi connectivity index (χ0v) is 10.4. The second kappa shape index (κ2) is 3.06. The number of carbonyl (C=O) groups excluding carboxylic acids is 1. The fourth-order valence-electron chi connectivity index (χ4n) is 2.77. The molecule has 2 rings (SSSR count). The molecule has 2 heterocycles. The maximum Gasteiger partial charge on any atom is 0.232 e. The van der Waals surface area contributed by atoms with E-state index >= 15 is 0 Å². The average Bonchev–Trinajstić information content (AvgIpc) is 2.26. The Balaban J connectivity index is 2.29. The van der Waals surface area contributed by atoms with E-state index in [2.05, 4.69) is 36.9 Å². The van der Waals surface area contributed by atoms with Crippen LogP contribution in [0.15, 0.2) is 11.3 Å². The molecule has 2 nitrogen and oxygen atoms in total. The first-order valence-electron chi connectivity index (χ1n) is 5.22. The summed E-state index contributed by atoms with van der Waals surface area (Å²) in [6, 6.07) is 0.440. The second-order valence-corrected chi connectivity index (χ2v) is 5.69. The third kappa shape index (κ3) is 1.04. The van der Waals surface area contributed by atoms with Crippen LogP contribution in [-0.4, -0.2) is 22.5 Å². The van der Waals surface area contributed by atoms with Gasteiger partial charge in [-0.15, -0.1) is 9.24 Å². The zero-order chi connectivity index (χ0) is 10.6. The van der Waals surface area contributed by atoms with Crippen LogP contribution in [0.5, 0.6) is 0 Å². The fourth-order valence-corrected chi connectivity index (χ4v) is 3.16. The summed E-state index contributed by atoms with van der Waals surface area (Å²) < 4.78 is 0. The number of nitrogens with zero attached hydrogens (tertiary/aromatic N) is 1. The number of fused-ring (bicyclic) bond motifs is 1. The Labute approximate surface area is 87.9 Å². The molecule has 0 spiro atoms. The highest BCUT2D eigenvalue weighted by molar-refractivity contribution is 7.17. The largest absolute Gasteiger partial charge is 0.312 e. The van der Waals surface area contributed by atoms with Gasteiger partial charge in [0.2, 0.25) is 5.91 Å². The van der Waals surface area contributed by atoms with E-state index in [9.17, 15) is 4.79 Å². The number of allylic oxidation sites excluding steroid dienone is 1. The summed E-state index contributed by atoms with van der Waals surface area (Å²) in [7, 11) is 2.76. The van der Waals surface area contributed by atoms with E-state index < -0.39 is 0 Å². The van der Waals surface area contributed by atoms with Gasteiger partial charge >= 0.3 is 0 Å². The smallest absolute Gasteiger partial charge is 0.232 e. The highest BCUT2D eigenvalue weighted by Gasteiger charge is 2.55. The van der Waals surface area contributed by atoms with Crippen LogP contribution in [0.1, 0.15) is 27.7 Å². The maximum atomic E-state index is 11.9. The Morgan fingerprint density at radius 3 is 2.50 bits per heavy atom. The lowest BCUT2D eigenvalue weighted by Crippen LogP contribution is -2.61. The molecule has 78 valence electrons. The zero-order valence-electron chi connectivity index (χ0n) is 9.24.